The van der Waals surface area contributed by atoms with Gasteiger partial charge in [0.25, 0.3) is 0 Å². The van der Waals surface area contributed by atoms with Crippen LogP contribution in [0, 0.1) is 5.82 Å². The summed E-state index contributed by atoms with van der Waals surface area (Å²) >= 11 is 0. The number of halogens is 1. The molecule has 178 valence electrons. The number of anilines is 2. The fourth-order valence-corrected chi connectivity index (χ4v) is 3.56. The van der Waals surface area contributed by atoms with Crippen molar-refractivity contribution in [2.45, 2.75) is 26.4 Å². The Bertz CT molecular complexity index is 1330. The Morgan fingerprint density at radius 3 is 2.62 bits per heavy atom. The molecule has 0 radical (unpaired) electrons. The Kier molecular flexibility index (Phi) is 6.87. The van der Waals surface area contributed by atoms with Crippen LogP contribution in [0.4, 0.5) is 16.0 Å². The first kappa shape index (κ1) is 23.4. The van der Waals surface area contributed by atoms with Crippen molar-refractivity contribution in [2.75, 3.05) is 38.3 Å². The second-order valence-corrected chi connectivity index (χ2v) is 7.85. The highest BCUT2D eigenvalue weighted by Crippen LogP contribution is 2.38. The predicted octanol–water partition coefficient (Wildman–Crippen LogP) is 3.78. The SMILES string of the molecule is CCC(C)Oc1nc(-c2nc(N)cc3ccccc23)c(F)c2nc(OC)nc(NCCNC)c12. The quantitative estimate of drug-likeness (QED) is 0.317. The zero-order valence-corrected chi connectivity index (χ0v) is 19.6. The Hall–Kier alpha value is -3.79. The molecule has 0 bridgehead atoms. The van der Waals surface area contributed by atoms with E-state index in [0.717, 1.165) is 11.8 Å². The highest BCUT2D eigenvalue weighted by molar-refractivity contribution is 6.00. The standard InChI is InChI=1S/C24H28FN7O2/c1-5-13(2)34-23-17-20(31-24(33-4)32-22(17)28-11-10-27-3)18(25)21(30-23)19-15-9-7-6-8-14(15)12-16(26)29-19/h6-9,12-13,27H,5,10-11H2,1-4H3,(H2,26,29)(H,28,31,32). The van der Waals surface area contributed by atoms with Gasteiger partial charge in [0.1, 0.15) is 33.9 Å². The first-order chi connectivity index (χ1) is 16.5. The van der Waals surface area contributed by atoms with Gasteiger partial charge >= 0.3 is 6.01 Å². The second kappa shape index (κ2) is 10.0. The number of hydrogen-bond acceptors (Lipinski definition) is 9. The van der Waals surface area contributed by atoms with Crippen molar-refractivity contribution in [3.63, 3.8) is 0 Å². The number of pyridine rings is 2. The number of benzene rings is 1. The van der Waals surface area contributed by atoms with Crippen molar-refractivity contribution in [1.29, 1.82) is 0 Å². The predicted molar refractivity (Wildman–Crippen MR) is 132 cm³/mol. The molecule has 4 aromatic rings. The van der Waals surface area contributed by atoms with E-state index in [1.807, 2.05) is 45.2 Å². The number of nitrogens with zero attached hydrogens (tertiary/aromatic N) is 4. The summed E-state index contributed by atoms with van der Waals surface area (Å²) in [5.74, 6) is 0.184. The molecule has 0 saturated heterocycles. The number of fused-ring (bicyclic) bond motifs is 2. The first-order valence-corrected chi connectivity index (χ1v) is 11.1. The van der Waals surface area contributed by atoms with Crippen molar-refractivity contribution in [2.24, 2.45) is 0 Å². The lowest BCUT2D eigenvalue weighted by Crippen LogP contribution is -2.19. The molecule has 1 atom stereocenters. The highest BCUT2D eigenvalue weighted by Gasteiger charge is 2.25. The van der Waals surface area contributed by atoms with Crippen molar-refractivity contribution in [3.8, 4) is 23.3 Å². The van der Waals surface area contributed by atoms with Crippen LogP contribution in [0.1, 0.15) is 20.3 Å². The van der Waals surface area contributed by atoms with E-state index in [1.165, 1.54) is 7.11 Å². The summed E-state index contributed by atoms with van der Waals surface area (Å²) in [4.78, 5) is 17.7. The molecule has 3 heterocycles. The van der Waals surface area contributed by atoms with E-state index in [-0.39, 0.29) is 35.0 Å². The molecule has 4 N–H and O–H groups in total. The molecule has 34 heavy (non-hydrogen) atoms. The van der Waals surface area contributed by atoms with Gasteiger partial charge in [0.15, 0.2) is 5.82 Å². The maximum atomic E-state index is 16.1. The minimum absolute atomic E-state index is 0.00349. The number of ether oxygens (including phenoxy) is 2. The van der Waals surface area contributed by atoms with E-state index >= 15 is 4.39 Å². The Morgan fingerprint density at radius 1 is 1.09 bits per heavy atom. The van der Waals surface area contributed by atoms with E-state index in [2.05, 4.69) is 30.6 Å². The number of methoxy groups -OCH3 is 1. The van der Waals surface area contributed by atoms with Crippen LogP contribution >= 0.6 is 0 Å². The van der Waals surface area contributed by atoms with Gasteiger partial charge in [-0.2, -0.15) is 9.97 Å². The molecule has 1 unspecified atom stereocenters. The number of hydrogen-bond donors (Lipinski definition) is 3. The summed E-state index contributed by atoms with van der Waals surface area (Å²) in [7, 11) is 3.27. The van der Waals surface area contributed by atoms with E-state index in [0.29, 0.717) is 35.4 Å². The number of aromatic nitrogens is 4. The molecule has 1 aromatic carbocycles. The van der Waals surface area contributed by atoms with E-state index in [1.54, 1.807) is 6.07 Å². The van der Waals surface area contributed by atoms with E-state index in [4.69, 9.17) is 15.2 Å². The topological polar surface area (TPSA) is 120 Å². The van der Waals surface area contributed by atoms with Gasteiger partial charge in [0, 0.05) is 18.5 Å². The van der Waals surface area contributed by atoms with Crippen molar-refractivity contribution < 1.29 is 13.9 Å². The Morgan fingerprint density at radius 2 is 1.88 bits per heavy atom. The molecule has 0 amide bonds. The maximum Gasteiger partial charge on any atom is 0.318 e. The van der Waals surface area contributed by atoms with E-state index in [9.17, 15) is 0 Å². The molecule has 4 rings (SSSR count). The van der Waals surface area contributed by atoms with Crippen LogP contribution in [-0.2, 0) is 0 Å². The molecule has 0 fully saturated rings. The highest BCUT2D eigenvalue weighted by atomic mass is 19.1. The molecule has 10 heteroatoms. The van der Waals surface area contributed by atoms with Gasteiger partial charge in [-0.15, -0.1) is 0 Å². The summed E-state index contributed by atoms with van der Waals surface area (Å²) in [6.45, 7) is 5.13. The minimum Gasteiger partial charge on any atom is -0.474 e. The lowest BCUT2D eigenvalue weighted by molar-refractivity contribution is 0.211. The fourth-order valence-electron chi connectivity index (χ4n) is 3.56. The fraction of sp³-hybridized carbons (Fsp3) is 0.333. The van der Waals surface area contributed by atoms with Crippen LogP contribution in [-0.4, -0.2) is 53.3 Å². The zero-order valence-electron chi connectivity index (χ0n) is 19.6. The zero-order chi connectivity index (χ0) is 24.2. The summed E-state index contributed by atoms with van der Waals surface area (Å²) in [6, 6.07) is 9.24. The van der Waals surface area contributed by atoms with Gasteiger partial charge in [0.2, 0.25) is 5.88 Å². The molecular weight excluding hydrogens is 437 g/mol. The van der Waals surface area contributed by atoms with Crippen LogP contribution in [0.15, 0.2) is 30.3 Å². The van der Waals surface area contributed by atoms with Crippen LogP contribution < -0.4 is 25.8 Å². The van der Waals surface area contributed by atoms with Gasteiger partial charge in [-0.05, 0) is 31.8 Å². The third-order valence-electron chi connectivity index (χ3n) is 5.45. The second-order valence-electron chi connectivity index (χ2n) is 7.85. The molecule has 0 aliphatic rings. The molecule has 9 nitrogen and oxygen atoms in total. The van der Waals surface area contributed by atoms with Crippen LogP contribution in [0.25, 0.3) is 33.1 Å². The Labute approximate surface area is 196 Å². The van der Waals surface area contributed by atoms with Gasteiger partial charge in [-0.3, -0.25) is 0 Å². The summed E-state index contributed by atoms with van der Waals surface area (Å²) in [5, 5.41) is 8.14. The summed E-state index contributed by atoms with van der Waals surface area (Å²) in [6.07, 6.45) is 0.557. The average molecular weight is 466 g/mol. The lowest BCUT2D eigenvalue weighted by Gasteiger charge is -2.18. The smallest absolute Gasteiger partial charge is 0.318 e. The van der Waals surface area contributed by atoms with Crippen LogP contribution in [0.3, 0.4) is 0 Å². The van der Waals surface area contributed by atoms with Gasteiger partial charge in [0.05, 0.1) is 13.2 Å². The van der Waals surface area contributed by atoms with Crippen LogP contribution in [0.5, 0.6) is 11.9 Å². The minimum atomic E-state index is -0.660. The van der Waals surface area contributed by atoms with Gasteiger partial charge < -0.3 is 25.8 Å². The monoisotopic (exact) mass is 465 g/mol. The van der Waals surface area contributed by atoms with E-state index < -0.39 is 5.82 Å². The van der Waals surface area contributed by atoms with Crippen molar-refractivity contribution >= 4 is 33.3 Å². The molecule has 0 spiro atoms. The lowest BCUT2D eigenvalue weighted by atomic mass is 10.1. The van der Waals surface area contributed by atoms with Crippen molar-refractivity contribution in [1.82, 2.24) is 25.3 Å². The number of nitrogen functional groups attached to an aromatic ring is 1. The maximum absolute atomic E-state index is 16.1. The average Bonchev–Trinajstić information content (AvgIpc) is 2.84. The molecule has 3 aromatic heterocycles. The van der Waals surface area contributed by atoms with Crippen LogP contribution in [0.2, 0.25) is 0 Å². The van der Waals surface area contributed by atoms with Gasteiger partial charge in [-0.25, -0.2) is 14.4 Å². The normalized spacial score (nSPS) is 12.1. The molecule has 0 aliphatic heterocycles. The molecule has 0 saturated carbocycles. The number of nitrogens with one attached hydrogen (secondary N) is 2. The van der Waals surface area contributed by atoms with Crippen molar-refractivity contribution in [3.05, 3.63) is 36.1 Å². The van der Waals surface area contributed by atoms with Gasteiger partial charge in [-0.1, -0.05) is 31.2 Å². The third-order valence-corrected chi connectivity index (χ3v) is 5.45. The number of likely N-dealkylation sites (N-methyl/N-ethyl adjacent to an activating group) is 1. The Balaban J connectivity index is 2.04. The molecular formula is C24H28FN7O2. The number of rotatable bonds is 9. The largest absolute Gasteiger partial charge is 0.474 e. The first-order valence-electron chi connectivity index (χ1n) is 11.1. The number of nitrogens with two attached hydrogens (primary N) is 1. The third kappa shape index (κ3) is 4.49. The summed E-state index contributed by atoms with van der Waals surface area (Å²) < 4.78 is 27.5. The summed E-state index contributed by atoms with van der Waals surface area (Å²) in [5.41, 5.74) is 6.38. The molecule has 0 aliphatic carbocycles.